The number of rotatable bonds is 6. The van der Waals surface area contributed by atoms with Crippen LogP contribution in [-0.4, -0.2) is 44.3 Å². The van der Waals surface area contributed by atoms with Crippen LogP contribution >= 0.6 is 0 Å². The van der Waals surface area contributed by atoms with Gasteiger partial charge in [-0.25, -0.2) is 0 Å². The van der Waals surface area contributed by atoms with Crippen LogP contribution in [0.4, 0.5) is 5.69 Å². The van der Waals surface area contributed by atoms with E-state index < -0.39 is 0 Å². The fourth-order valence-corrected chi connectivity index (χ4v) is 2.56. The lowest BCUT2D eigenvalue weighted by molar-refractivity contribution is 0.0374. The molecular weight excluding hydrogens is 250 g/mol. The Hall–Kier alpha value is -1.10. The number of benzene rings is 1. The second kappa shape index (κ2) is 7.62. The van der Waals surface area contributed by atoms with Gasteiger partial charge in [0.05, 0.1) is 13.2 Å². The molecule has 4 heteroatoms. The molecule has 0 bridgehead atoms. The van der Waals surface area contributed by atoms with Crippen molar-refractivity contribution in [2.75, 3.05) is 45.1 Å². The number of hydrogen-bond donors (Lipinski definition) is 2. The van der Waals surface area contributed by atoms with Gasteiger partial charge in [0, 0.05) is 25.3 Å². The first-order valence-corrected chi connectivity index (χ1v) is 7.54. The Morgan fingerprint density at radius 1 is 1.20 bits per heavy atom. The van der Waals surface area contributed by atoms with Crippen LogP contribution < -0.4 is 11.1 Å². The molecule has 0 aliphatic carbocycles. The summed E-state index contributed by atoms with van der Waals surface area (Å²) < 4.78 is 5.35. The Labute approximate surface area is 122 Å². The highest BCUT2D eigenvalue weighted by Gasteiger charge is 2.09. The number of morpholine rings is 1. The largest absolute Gasteiger partial charge is 0.399 e. The highest BCUT2D eigenvalue weighted by atomic mass is 16.5. The van der Waals surface area contributed by atoms with E-state index in [0.29, 0.717) is 0 Å². The molecule has 1 heterocycles. The highest BCUT2D eigenvalue weighted by molar-refractivity contribution is 5.52. The van der Waals surface area contributed by atoms with Crippen LogP contribution in [0.1, 0.15) is 23.1 Å². The minimum absolute atomic E-state index is 0.886. The van der Waals surface area contributed by atoms with Gasteiger partial charge in [-0.05, 0) is 56.1 Å². The van der Waals surface area contributed by atoms with Crippen molar-refractivity contribution < 1.29 is 4.74 Å². The summed E-state index contributed by atoms with van der Waals surface area (Å²) in [4.78, 5) is 2.48. The topological polar surface area (TPSA) is 50.5 Å². The summed E-state index contributed by atoms with van der Waals surface area (Å²) in [6, 6.07) is 4.14. The third kappa shape index (κ3) is 4.20. The van der Waals surface area contributed by atoms with Gasteiger partial charge < -0.3 is 15.8 Å². The average molecular weight is 277 g/mol. The smallest absolute Gasteiger partial charge is 0.0594 e. The van der Waals surface area contributed by atoms with Crippen molar-refractivity contribution in [3.63, 3.8) is 0 Å². The Balaban J connectivity index is 1.67. The Morgan fingerprint density at radius 3 is 2.70 bits per heavy atom. The van der Waals surface area contributed by atoms with E-state index >= 15 is 0 Å². The quantitative estimate of drug-likeness (QED) is 0.614. The van der Waals surface area contributed by atoms with Crippen LogP contribution in [0.5, 0.6) is 0 Å². The monoisotopic (exact) mass is 277 g/mol. The Bertz CT molecular complexity index is 428. The molecule has 1 aliphatic rings. The van der Waals surface area contributed by atoms with E-state index in [1.165, 1.54) is 23.1 Å². The fourth-order valence-electron chi connectivity index (χ4n) is 2.56. The summed E-state index contributed by atoms with van der Waals surface area (Å²) in [5.74, 6) is 0. The summed E-state index contributed by atoms with van der Waals surface area (Å²) in [6.07, 6.45) is 1.19. The van der Waals surface area contributed by atoms with Gasteiger partial charge >= 0.3 is 0 Å². The number of nitrogen functional groups attached to an aromatic ring is 1. The second-order valence-corrected chi connectivity index (χ2v) is 5.55. The number of nitrogens with one attached hydrogen (secondary N) is 1. The highest BCUT2D eigenvalue weighted by Crippen LogP contribution is 2.19. The number of nitrogens with two attached hydrogens (primary N) is 1. The van der Waals surface area contributed by atoms with Crippen molar-refractivity contribution in [3.8, 4) is 0 Å². The van der Waals surface area contributed by atoms with Gasteiger partial charge in [0.2, 0.25) is 0 Å². The second-order valence-electron chi connectivity index (χ2n) is 5.55. The molecule has 0 unspecified atom stereocenters. The molecule has 20 heavy (non-hydrogen) atoms. The van der Waals surface area contributed by atoms with E-state index in [9.17, 15) is 0 Å². The van der Waals surface area contributed by atoms with Crippen molar-refractivity contribution >= 4 is 5.69 Å². The van der Waals surface area contributed by atoms with E-state index in [0.717, 1.165) is 51.6 Å². The average Bonchev–Trinajstić information content (AvgIpc) is 2.48. The van der Waals surface area contributed by atoms with Gasteiger partial charge in [0.25, 0.3) is 0 Å². The first kappa shape index (κ1) is 15.3. The molecule has 0 spiro atoms. The van der Waals surface area contributed by atoms with Crippen molar-refractivity contribution in [1.29, 1.82) is 0 Å². The fraction of sp³-hybridized carbons (Fsp3) is 0.625. The molecule has 1 fully saturated rings. The summed E-state index contributed by atoms with van der Waals surface area (Å²) in [7, 11) is 0. The minimum atomic E-state index is 0.886. The lowest BCUT2D eigenvalue weighted by Gasteiger charge is -2.26. The van der Waals surface area contributed by atoms with Crippen molar-refractivity contribution in [1.82, 2.24) is 10.2 Å². The van der Waals surface area contributed by atoms with Gasteiger partial charge in [-0.3, -0.25) is 4.90 Å². The summed E-state index contributed by atoms with van der Waals surface area (Å²) in [5.41, 5.74) is 10.7. The first-order chi connectivity index (χ1) is 9.68. The zero-order valence-electron chi connectivity index (χ0n) is 12.7. The van der Waals surface area contributed by atoms with E-state index in [4.69, 9.17) is 10.5 Å². The number of ether oxygens (including phenoxy) is 1. The van der Waals surface area contributed by atoms with Crippen molar-refractivity contribution in [2.24, 2.45) is 0 Å². The van der Waals surface area contributed by atoms with Gasteiger partial charge in [-0.1, -0.05) is 6.07 Å². The maximum absolute atomic E-state index is 5.91. The van der Waals surface area contributed by atoms with Crippen LogP contribution in [-0.2, 0) is 11.3 Å². The maximum atomic E-state index is 5.91. The first-order valence-electron chi connectivity index (χ1n) is 7.54. The van der Waals surface area contributed by atoms with E-state index in [2.05, 4.69) is 30.1 Å². The lowest BCUT2D eigenvalue weighted by Crippen LogP contribution is -2.37. The molecule has 4 nitrogen and oxygen atoms in total. The van der Waals surface area contributed by atoms with Crippen molar-refractivity contribution in [3.05, 3.63) is 28.8 Å². The molecule has 1 aromatic carbocycles. The minimum Gasteiger partial charge on any atom is -0.399 e. The van der Waals surface area contributed by atoms with Crippen LogP contribution in [0.25, 0.3) is 0 Å². The molecule has 0 aromatic heterocycles. The molecule has 1 aromatic rings. The lowest BCUT2D eigenvalue weighted by atomic mass is 10.0. The third-order valence-electron chi connectivity index (χ3n) is 4.19. The molecular formula is C16H27N3O. The Kier molecular flexibility index (Phi) is 5.83. The van der Waals surface area contributed by atoms with Crippen LogP contribution in [0.3, 0.4) is 0 Å². The molecule has 0 amide bonds. The molecule has 3 N–H and O–H groups in total. The van der Waals surface area contributed by atoms with Gasteiger partial charge in [-0.2, -0.15) is 0 Å². The molecule has 0 saturated carbocycles. The Morgan fingerprint density at radius 2 is 1.95 bits per heavy atom. The number of nitrogens with zero attached hydrogens (tertiary/aromatic N) is 1. The standard InChI is InChI=1S/C16H27N3O/c1-13-14(2)16(17)5-4-15(13)12-18-6-3-7-19-8-10-20-11-9-19/h4-5,18H,3,6-12,17H2,1-2H3. The molecule has 1 saturated heterocycles. The molecule has 1 aliphatic heterocycles. The third-order valence-corrected chi connectivity index (χ3v) is 4.19. The molecule has 112 valence electrons. The zero-order chi connectivity index (χ0) is 14.4. The van der Waals surface area contributed by atoms with E-state index in [-0.39, 0.29) is 0 Å². The zero-order valence-corrected chi connectivity index (χ0v) is 12.7. The summed E-state index contributed by atoms with van der Waals surface area (Å²) in [5, 5.41) is 3.53. The van der Waals surface area contributed by atoms with Gasteiger partial charge in [-0.15, -0.1) is 0 Å². The van der Waals surface area contributed by atoms with Crippen molar-refractivity contribution in [2.45, 2.75) is 26.8 Å². The summed E-state index contributed by atoms with van der Waals surface area (Å²) >= 11 is 0. The number of hydrogen-bond acceptors (Lipinski definition) is 4. The predicted molar refractivity (Wildman–Crippen MR) is 83.9 cm³/mol. The van der Waals surface area contributed by atoms with E-state index in [1.807, 2.05) is 6.07 Å². The van der Waals surface area contributed by atoms with Crippen LogP contribution in [0, 0.1) is 13.8 Å². The normalized spacial score (nSPS) is 16.5. The SMILES string of the molecule is Cc1c(N)ccc(CNCCCN2CCOCC2)c1C. The molecule has 0 radical (unpaired) electrons. The van der Waals surface area contributed by atoms with Gasteiger partial charge in [0.1, 0.15) is 0 Å². The molecule has 0 atom stereocenters. The van der Waals surface area contributed by atoms with Crippen LogP contribution in [0.15, 0.2) is 12.1 Å². The van der Waals surface area contributed by atoms with E-state index in [1.54, 1.807) is 0 Å². The number of anilines is 1. The van der Waals surface area contributed by atoms with Crippen LogP contribution in [0.2, 0.25) is 0 Å². The predicted octanol–water partition coefficient (Wildman–Crippen LogP) is 1.70. The van der Waals surface area contributed by atoms with Gasteiger partial charge in [0.15, 0.2) is 0 Å². The maximum Gasteiger partial charge on any atom is 0.0594 e. The summed E-state index contributed by atoms with van der Waals surface area (Å²) in [6.45, 7) is 11.3. The molecule has 2 rings (SSSR count).